The molecule has 0 aliphatic heterocycles. The quantitative estimate of drug-likeness (QED) is 0.405. The molecule has 0 atom stereocenters. The third kappa shape index (κ3) is 9.17. The number of rotatable bonds is 11. The van der Waals surface area contributed by atoms with Crippen molar-refractivity contribution >= 4 is 18.1 Å². The van der Waals surface area contributed by atoms with Gasteiger partial charge in [0.05, 0.1) is 0 Å². The van der Waals surface area contributed by atoms with Gasteiger partial charge >= 0.3 is 5.97 Å². The molecule has 0 unspecified atom stereocenters. The summed E-state index contributed by atoms with van der Waals surface area (Å²) >= 11 is 0. The minimum absolute atomic E-state index is 0.909. The van der Waals surface area contributed by atoms with Crippen LogP contribution in [0.3, 0.4) is 0 Å². The Morgan fingerprint density at radius 3 is 2.05 bits per heavy atom. The standard InChI is InChI=1S/C20H28O2/c1-2-3-4-5-6-7-8-9-10-11-18-12-14-19(15-13-18)16-17-20(21)22/h10-17H,2-9H2,1H3,(H,21,22)/b11-10-,17-16?. The van der Waals surface area contributed by atoms with Crippen LogP contribution in [0.25, 0.3) is 12.2 Å². The molecule has 1 rings (SSSR count). The van der Waals surface area contributed by atoms with Crippen LogP contribution in [0.5, 0.6) is 0 Å². The molecule has 0 fully saturated rings. The zero-order chi connectivity index (χ0) is 16.0. The van der Waals surface area contributed by atoms with E-state index in [-0.39, 0.29) is 0 Å². The first-order valence-corrected chi connectivity index (χ1v) is 8.40. The fourth-order valence-electron chi connectivity index (χ4n) is 2.32. The smallest absolute Gasteiger partial charge is 0.328 e. The number of hydrogen-bond donors (Lipinski definition) is 1. The number of benzene rings is 1. The fraction of sp³-hybridized carbons (Fsp3) is 0.450. The molecule has 0 heterocycles. The Hall–Kier alpha value is -1.83. The molecule has 0 radical (unpaired) electrons. The van der Waals surface area contributed by atoms with Crippen LogP contribution < -0.4 is 0 Å². The van der Waals surface area contributed by atoms with E-state index in [0.717, 1.165) is 23.6 Å². The van der Waals surface area contributed by atoms with Gasteiger partial charge in [0.25, 0.3) is 0 Å². The highest BCUT2D eigenvalue weighted by atomic mass is 16.4. The average molecular weight is 300 g/mol. The third-order valence-corrected chi connectivity index (χ3v) is 3.64. The minimum Gasteiger partial charge on any atom is -0.478 e. The van der Waals surface area contributed by atoms with Gasteiger partial charge in [-0.2, -0.15) is 0 Å². The number of allylic oxidation sites excluding steroid dienone is 1. The van der Waals surface area contributed by atoms with E-state index in [9.17, 15) is 4.79 Å². The first-order valence-electron chi connectivity index (χ1n) is 8.40. The lowest BCUT2D eigenvalue weighted by molar-refractivity contribution is -0.131. The van der Waals surface area contributed by atoms with Gasteiger partial charge in [-0.25, -0.2) is 4.79 Å². The van der Waals surface area contributed by atoms with Crippen LogP contribution in [0.4, 0.5) is 0 Å². The summed E-state index contributed by atoms with van der Waals surface area (Å²) in [5.74, 6) is -0.918. The van der Waals surface area contributed by atoms with Gasteiger partial charge in [0.2, 0.25) is 0 Å². The van der Waals surface area contributed by atoms with E-state index < -0.39 is 5.97 Å². The summed E-state index contributed by atoms with van der Waals surface area (Å²) in [6.07, 6.45) is 17.7. The van der Waals surface area contributed by atoms with E-state index in [1.165, 1.54) is 44.9 Å². The van der Waals surface area contributed by atoms with Crippen molar-refractivity contribution in [3.63, 3.8) is 0 Å². The van der Waals surface area contributed by atoms with Crippen molar-refractivity contribution in [1.29, 1.82) is 0 Å². The van der Waals surface area contributed by atoms with Crippen LogP contribution in [0.15, 0.2) is 36.4 Å². The summed E-state index contributed by atoms with van der Waals surface area (Å²) in [6, 6.07) is 7.91. The first kappa shape index (κ1) is 18.2. The molecule has 2 heteroatoms. The minimum atomic E-state index is -0.918. The van der Waals surface area contributed by atoms with Crippen LogP contribution in [0.1, 0.15) is 69.4 Å². The second-order valence-corrected chi connectivity index (χ2v) is 5.65. The Morgan fingerprint density at radius 2 is 1.45 bits per heavy atom. The highest BCUT2D eigenvalue weighted by molar-refractivity contribution is 5.85. The highest BCUT2D eigenvalue weighted by Gasteiger charge is 1.92. The van der Waals surface area contributed by atoms with Crippen molar-refractivity contribution in [3.05, 3.63) is 47.5 Å². The summed E-state index contributed by atoms with van der Waals surface area (Å²) < 4.78 is 0. The van der Waals surface area contributed by atoms with Gasteiger partial charge in [0.1, 0.15) is 0 Å². The fourth-order valence-corrected chi connectivity index (χ4v) is 2.32. The zero-order valence-electron chi connectivity index (χ0n) is 13.6. The number of carboxylic acid groups (broad SMARTS) is 1. The number of unbranched alkanes of at least 4 members (excludes halogenated alkanes) is 7. The predicted molar refractivity (Wildman–Crippen MR) is 94.8 cm³/mol. The lowest BCUT2D eigenvalue weighted by Gasteiger charge is -1.99. The molecule has 120 valence electrons. The van der Waals surface area contributed by atoms with Crippen molar-refractivity contribution in [1.82, 2.24) is 0 Å². The number of carboxylic acids is 1. The Labute approximate surface area is 134 Å². The van der Waals surface area contributed by atoms with Crippen LogP contribution in [-0.4, -0.2) is 11.1 Å². The second-order valence-electron chi connectivity index (χ2n) is 5.65. The molecule has 0 spiro atoms. The maximum atomic E-state index is 10.4. The summed E-state index contributed by atoms with van der Waals surface area (Å²) in [6.45, 7) is 2.25. The Bertz CT molecular complexity index is 469. The Balaban J connectivity index is 2.19. The molecule has 0 aliphatic carbocycles. The Morgan fingerprint density at radius 1 is 0.909 bits per heavy atom. The summed E-state index contributed by atoms with van der Waals surface area (Å²) in [7, 11) is 0. The zero-order valence-corrected chi connectivity index (χ0v) is 13.6. The molecule has 0 saturated heterocycles. The molecule has 0 saturated carbocycles. The predicted octanol–water partition coefficient (Wildman–Crippen LogP) is 5.94. The highest BCUT2D eigenvalue weighted by Crippen LogP contribution is 2.11. The number of aliphatic carboxylic acids is 1. The average Bonchev–Trinajstić information content (AvgIpc) is 2.52. The van der Waals surface area contributed by atoms with Crippen molar-refractivity contribution in [2.45, 2.75) is 58.3 Å². The number of carbonyl (C=O) groups is 1. The molecular weight excluding hydrogens is 272 g/mol. The van der Waals surface area contributed by atoms with E-state index in [0.29, 0.717) is 0 Å². The summed E-state index contributed by atoms with van der Waals surface area (Å²) in [5, 5.41) is 8.58. The van der Waals surface area contributed by atoms with Crippen molar-refractivity contribution < 1.29 is 9.90 Å². The van der Waals surface area contributed by atoms with Crippen molar-refractivity contribution in [3.8, 4) is 0 Å². The van der Waals surface area contributed by atoms with E-state index in [4.69, 9.17) is 5.11 Å². The van der Waals surface area contributed by atoms with Crippen LogP contribution in [-0.2, 0) is 4.79 Å². The van der Waals surface area contributed by atoms with Gasteiger partial charge in [-0.15, -0.1) is 0 Å². The monoisotopic (exact) mass is 300 g/mol. The molecule has 1 aromatic carbocycles. The lowest BCUT2D eigenvalue weighted by atomic mass is 10.1. The largest absolute Gasteiger partial charge is 0.478 e. The summed E-state index contributed by atoms with van der Waals surface area (Å²) in [4.78, 5) is 10.4. The van der Waals surface area contributed by atoms with E-state index in [2.05, 4.69) is 19.1 Å². The van der Waals surface area contributed by atoms with Gasteiger partial charge in [-0.05, 0) is 30.0 Å². The van der Waals surface area contributed by atoms with Gasteiger partial charge in [0, 0.05) is 6.08 Å². The summed E-state index contributed by atoms with van der Waals surface area (Å²) in [5.41, 5.74) is 2.07. The number of hydrogen-bond acceptors (Lipinski definition) is 1. The Kier molecular flexibility index (Phi) is 9.76. The molecule has 0 amide bonds. The molecule has 0 bridgehead atoms. The van der Waals surface area contributed by atoms with Crippen molar-refractivity contribution in [2.24, 2.45) is 0 Å². The lowest BCUT2D eigenvalue weighted by Crippen LogP contribution is -1.85. The molecule has 1 aromatic rings. The molecule has 0 aliphatic rings. The molecular formula is C20H28O2. The normalized spacial score (nSPS) is 11.5. The van der Waals surface area contributed by atoms with E-state index >= 15 is 0 Å². The van der Waals surface area contributed by atoms with Gasteiger partial charge < -0.3 is 5.11 Å². The third-order valence-electron chi connectivity index (χ3n) is 3.64. The topological polar surface area (TPSA) is 37.3 Å². The molecule has 2 nitrogen and oxygen atoms in total. The maximum absolute atomic E-state index is 10.4. The van der Waals surface area contributed by atoms with Gasteiger partial charge in [-0.3, -0.25) is 0 Å². The maximum Gasteiger partial charge on any atom is 0.328 e. The van der Waals surface area contributed by atoms with Crippen LogP contribution in [0.2, 0.25) is 0 Å². The van der Waals surface area contributed by atoms with Crippen molar-refractivity contribution in [2.75, 3.05) is 0 Å². The van der Waals surface area contributed by atoms with E-state index in [1.807, 2.05) is 24.3 Å². The SMILES string of the molecule is CCCCCCCCC/C=C\c1ccc(C=CC(=O)O)cc1. The second kappa shape index (κ2) is 11.8. The van der Waals surface area contributed by atoms with Crippen LogP contribution >= 0.6 is 0 Å². The van der Waals surface area contributed by atoms with Gasteiger partial charge in [0.15, 0.2) is 0 Å². The molecule has 1 N–H and O–H groups in total. The first-order chi connectivity index (χ1) is 10.7. The van der Waals surface area contributed by atoms with Crippen LogP contribution in [0, 0.1) is 0 Å². The molecule has 0 aromatic heterocycles. The van der Waals surface area contributed by atoms with Gasteiger partial charge in [-0.1, -0.05) is 81.9 Å². The van der Waals surface area contributed by atoms with E-state index in [1.54, 1.807) is 6.08 Å². The molecule has 22 heavy (non-hydrogen) atoms.